The number of rotatable bonds is 1. The van der Waals surface area contributed by atoms with Crippen molar-refractivity contribution in [3.63, 3.8) is 0 Å². The highest BCUT2D eigenvalue weighted by Crippen LogP contribution is 2.33. The van der Waals surface area contributed by atoms with E-state index in [9.17, 15) is 0 Å². The fourth-order valence-corrected chi connectivity index (χ4v) is 2.59. The Balaban J connectivity index is 2.68. The summed E-state index contributed by atoms with van der Waals surface area (Å²) in [4.78, 5) is 4.69. The summed E-state index contributed by atoms with van der Waals surface area (Å²) in [7, 11) is 0. The highest BCUT2D eigenvalue weighted by molar-refractivity contribution is 5.74. The standard InChI is InChI=1S/C16H23N3/c1-10-7-8-11(2)13(9-10)14-15(17)19(12(3)18-14)16(4,5)6/h7-9H,17H2,1-6H3. The van der Waals surface area contributed by atoms with Crippen LogP contribution in [0.1, 0.15) is 37.7 Å². The van der Waals surface area contributed by atoms with Crippen LogP contribution >= 0.6 is 0 Å². The fourth-order valence-electron chi connectivity index (χ4n) is 2.59. The first-order chi connectivity index (χ1) is 8.71. The van der Waals surface area contributed by atoms with Gasteiger partial charge in [0, 0.05) is 11.1 Å². The number of benzene rings is 1. The fraction of sp³-hybridized carbons (Fsp3) is 0.438. The van der Waals surface area contributed by atoms with Gasteiger partial charge in [-0.15, -0.1) is 0 Å². The summed E-state index contributed by atoms with van der Waals surface area (Å²) in [6.45, 7) is 12.6. The summed E-state index contributed by atoms with van der Waals surface area (Å²) < 4.78 is 2.10. The number of nitrogen functional groups attached to an aromatic ring is 1. The van der Waals surface area contributed by atoms with Gasteiger partial charge < -0.3 is 10.3 Å². The maximum absolute atomic E-state index is 6.34. The quantitative estimate of drug-likeness (QED) is 0.844. The summed E-state index contributed by atoms with van der Waals surface area (Å²) in [5, 5.41) is 0. The second-order valence-corrected chi connectivity index (χ2v) is 6.22. The van der Waals surface area contributed by atoms with E-state index in [1.165, 1.54) is 11.1 Å². The zero-order valence-corrected chi connectivity index (χ0v) is 12.7. The molecule has 19 heavy (non-hydrogen) atoms. The van der Waals surface area contributed by atoms with Crippen molar-refractivity contribution in [2.24, 2.45) is 0 Å². The van der Waals surface area contributed by atoms with E-state index in [0.29, 0.717) is 0 Å². The first kappa shape index (κ1) is 13.7. The van der Waals surface area contributed by atoms with Gasteiger partial charge in [-0.1, -0.05) is 17.7 Å². The second kappa shape index (κ2) is 4.41. The zero-order chi connectivity index (χ0) is 14.4. The average Bonchev–Trinajstić information content (AvgIpc) is 2.57. The molecule has 0 radical (unpaired) electrons. The SMILES string of the molecule is Cc1ccc(C)c(-c2nc(C)n(C(C)(C)C)c2N)c1. The molecule has 0 aliphatic carbocycles. The third-order valence-corrected chi connectivity index (χ3v) is 3.40. The van der Waals surface area contributed by atoms with Crippen LogP contribution in [0.15, 0.2) is 18.2 Å². The second-order valence-electron chi connectivity index (χ2n) is 6.22. The van der Waals surface area contributed by atoms with Crippen molar-refractivity contribution in [1.29, 1.82) is 0 Å². The predicted molar refractivity (Wildman–Crippen MR) is 81.3 cm³/mol. The average molecular weight is 257 g/mol. The van der Waals surface area contributed by atoms with Crippen LogP contribution in [0.4, 0.5) is 5.82 Å². The van der Waals surface area contributed by atoms with E-state index in [2.05, 4.69) is 62.4 Å². The Morgan fingerprint density at radius 3 is 2.26 bits per heavy atom. The number of nitrogens with zero attached hydrogens (tertiary/aromatic N) is 2. The van der Waals surface area contributed by atoms with Crippen molar-refractivity contribution in [2.45, 2.75) is 47.1 Å². The minimum absolute atomic E-state index is 0.0584. The lowest BCUT2D eigenvalue weighted by Crippen LogP contribution is -2.24. The smallest absolute Gasteiger partial charge is 0.132 e. The van der Waals surface area contributed by atoms with Gasteiger partial charge >= 0.3 is 0 Å². The molecule has 0 bridgehead atoms. The van der Waals surface area contributed by atoms with E-state index in [1.54, 1.807) is 0 Å². The van der Waals surface area contributed by atoms with Gasteiger partial charge in [-0.2, -0.15) is 0 Å². The van der Waals surface area contributed by atoms with Gasteiger partial charge in [-0.25, -0.2) is 4.98 Å². The van der Waals surface area contributed by atoms with Gasteiger partial charge in [0.2, 0.25) is 0 Å². The van der Waals surface area contributed by atoms with Gasteiger partial charge in [0.1, 0.15) is 17.3 Å². The van der Waals surface area contributed by atoms with Crippen LogP contribution < -0.4 is 5.73 Å². The summed E-state index contributed by atoms with van der Waals surface area (Å²) in [6, 6.07) is 6.39. The molecule has 2 aromatic rings. The van der Waals surface area contributed by atoms with E-state index in [1.807, 2.05) is 6.92 Å². The van der Waals surface area contributed by atoms with Gasteiger partial charge in [0.05, 0.1) is 0 Å². The summed E-state index contributed by atoms with van der Waals surface area (Å²) >= 11 is 0. The Hall–Kier alpha value is -1.77. The normalized spacial score (nSPS) is 11.9. The van der Waals surface area contributed by atoms with Crippen LogP contribution in [0.5, 0.6) is 0 Å². The van der Waals surface area contributed by atoms with Gasteiger partial charge in [-0.05, 0) is 53.2 Å². The Bertz CT molecular complexity index is 616. The number of nitrogens with two attached hydrogens (primary N) is 1. The van der Waals surface area contributed by atoms with Crippen LogP contribution in [0.2, 0.25) is 0 Å². The minimum atomic E-state index is -0.0584. The number of imidazole rings is 1. The molecule has 1 aromatic carbocycles. The highest BCUT2D eigenvalue weighted by Gasteiger charge is 2.23. The molecule has 0 saturated heterocycles. The monoisotopic (exact) mass is 257 g/mol. The lowest BCUT2D eigenvalue weighted by Gasteiger charge is -2.24. The van der Waals surface area contributed by atoms with Crippen LogP contribution in [0.25, 0.3) is 11.3 Å². The molecular weight excluding hydrogens is 234 g/mol. The summed E-state index contributed by atoms with van der Waals surface area (Å²) in [5.74, 6) is 1.71. The van der Waals surface area contributed by atoms with Gasteiger partial charge in [-0.3, -0.25) is 0 Å². The molecule has 3 nitrogen and oxygen atoms in total. The van der Waals surface area contributed by atoms with E-state index in [4.69, 9.17) is 5.73 Å². The molecule has 102 valence electrons. The van der Waals surface area contributed by atoms with Gasteiger partial charge in [0.25, 0.3) is 0 Å². The van der Waals surface area contributed by atoms with Crippen molar-refractivity contribution in [1.82, 2.24) is 9.55 Å². The lowest BCUT2D eigenvalue weighted by molar-refractivity contribution is 0.393. The Kier molecular flexibility index (Phi) is 3.17. The van der Waals surface area contributed by atoms with E-state index < -0.39 is 0 Å². The third-order valence-electron chi connectivity index (χ3n) is 3.40. The maximum Gasteiger partial charge on any atom is 0.132 e. The summed E-state index contributed by atoms with van der Waals surface area (Å²) in [5.41, 5.74) is 10.7. The van der Waals surface area contributed by atoms with Crippen LogP contribution in [0, 0.1) is 20.8 Å². The molecule has 1 heterocycles. The summed E-state index contributed by atoms with van der Waals surface area (Å²) in [6.07, 6.45) is 0. The number of aryl methyl sites for hydroxylation is 3. The molecular formula is C16H23N3. The molecule has 0 saturated carbocycles. The maximum atomic E-state index is 6.34. The van der Waals surface area contributed by atoms with Crippen LogP contribution in [-0.4, -0.2) is 9.55 Å². The van der Waals surface area contributed by atoms with Crippen molar-refractivity contribution in [2.75, 3.05) is 5.73 Å². The van der Waals surface area contributed by atoms with Gasteiger partial charge in [0.15, 0.2) is 0 Å². The molecule has 0 fully saturated rings. The van der Waals surface area contributed by atoms with Crippen molar-refractivity contribution < 1.29 is 0 Å². The predicted octanol–water partition coefficient (Wildman–Crippen LogP) is 3.81. The molecule has 3 heteroatoms. The molecule has 1 aromatic heterocycles. The molecule has 0 amide bonds. The first-order valence-corrected chi connectivity index (χ1v) is 6.64. The largest absolute Gasteiger partial charge is 0.383 e. The van der Waals surface area contributed by atoms with Crippen molar-refractivity contribution in [3.8, 4) is 11.3 Å². The van der Waals surface area contributed by atoms with Crippen LogP contribution in [-0.2, 0) is 5.54 Å². The van der Waals surface area contributed by atoms with Crippen LogP contribution in [0.3, 0.4) is 0 Å². The first-order valence-electron chi connectivity index (χ1n) is 6.64. The Labute approximate surface area is 115 Å². The number of hydrogen-bond acceptors (Lipinski definition) is 2. The third kappa shape index (κ3) is 2.37. The minimum Gasteiger partial charge on any atom is -0.383 e. The molecule has 0 spiro atoms. The number of aromatic nitrogens is 2. The Morgan fingerprint density at radius 1 is 1.11 bits per heavy atom. The molecule has 0 aliphatic heterocycles. The van der Waals surface area contributed by atoms with Crippen molar-refractivity contribution in [3.05, 3.63) is 35.2 Å². The lowest BCUT2D eigenvalue weighted by atomic mass is 10.0. The van der Waals surface area contributed by atoms with Crippen molar-refractivity contribution >= 4 is 5.82 Å². The molecule has 0 atom stereocenters. The molecule has 2 rings (SSSR count). The molecule has 0 unspecified atom stereocenters. The highest BCUT2D eigenvalue weighted by atomic mass is 15.2. The zero-order valence-electron chi connectivity index (χ0n) is 12.7. The molecule has 0 aliphatic rings. The van der Waals surface area contributed by atoms with E-state index in [-0.39, 0.29) is 5.54 Å². The number of anilines is 1. The topological polar surface area (TPSA) is 43.8 Å². The van der Waals surface area contributed by atoms with E-state index >= 15 is 0 Å². The number of hydrogen-bond donors (Lipinski definition) is 1. The Morgan fingerprint density at radius 2 is 1.74 bits per heavy atom. The van der Waals surface area contributed by atoms with E-state index in [0.717, 1.165) is 22.9 Å². The molecule has 2 N–H and O–H groups in total.